The van der Waals surface area contributed by atoms with Crippen molar-refractivity contribution in [2.24, 2.45) is 0 Å². The lowest BCUT2D eigenvalue weighted by atomic mass is 10.1. The van der Waals surface area contributed by atoms with E-state index in [-0.39, 0.29) is 12.2 Å². The summed E-state index contributed by atoms with van der Waals surface area (Å²) in [6.45, 7) is 0.228. The minimum atomic E-state index is -0.184. The Kier molecular flexibility index (Phi) is 4.01. The van der Waals surface area contributed by atoms with Crippen molar-refractivity contribution in [2.75, 3.05) is 21.0 Å². The summed E-state index contributed by atoms with van der Waals surface area (Å²) in [4.78, 5) is 12.5. The van der Waals surface area contributed by atoms with Crippen molar-refractivity contribution in [2.45, 2.75) is 0 Å². The monoisotopic (exact) mass is 352 g/mol. The van der Waals surface area contributed by atoms with Crippen LogP contribution in [0.3, 0.4) is 0 Å². The van der Waals surface area contributed by atoms with E-state index < -0.39 is 0 Å². The molecule has 1 aromatic heterocycles. The molecule has 0 aliphatic carbocycles. The van der Waals surface area contributed by atoms with Gasteiger partial charge in [0.15, 0.2) is 16.9 Å². The van der Waals surface area contributed by atoms with Crippen molar-refractivity contribution in [1.29, 1.82) is 0 Å². The molecule has 0 saturated heterocycles. The summed E-state index contributed by atoms with van der Waals surface area (Å²) in [6, 6.07) is 10.4. The molecule has 132 valence electrons. The number of benzene rings is 2. The average Bonchev–Trinajstić information content (AvgIpc) is 3.13. The lowest BCUT2D eigenvalue weighted by Crippen LogP contribution is -2.03. The van der Waals surface area contributed by atoms with Gasteiger partial charge in [-0.05, 0) is 23.8 Å². The molecule has 26 heavy (non-hydrogen) atoms. The summed E-state index contributed by atoms with van der Waals surface area (Å²) >= 11 is 0. The van der Waals surface area contributed by atoms with Crippen LogP contribution in [0.25, 0.3) is 23.1 Å². The maximum absolute atomic E-state index is 12.5. The second-order valence-corrected chi connectivity index (χ2v) is 5.66. The van der Waals surface area contributed by atoms with Crippen LogP contribution in [-0.2, 0) is 0 Å². The first kappa shape index (κ1) is 16.1. The molecule has 2 aromatic carbocycles. The maximum atomic E-state index is 12.5. The van der Waals surface area contributed by atoms with Gasteiger partial charge in [-0.1, -0.05) is 12.1 Å². The van der Waals surface area contributed by atoms with Gasteiger partial charge in [-0.3, -0.25) is 4.79 Å². The Balaban J connectivity index is 1.74. The zero-order valence-electron chi connectivity index (χ0n) is 14.3. The molecule has 1 aliphatic rings. The van der Waals surface area contributed by atoms with Gasteiger partial charge in [-0.25, -0.2) is 0 Å². The van der Waals surface area contributed by atoms with Crippen LogP contribution in [0, 0.1) is 0 Å². The molecule has 0 radical (unpaired) electrons. The molecule has 6 nitrogen and oxygen atoms in total. The van der Waals surface area contributed by atoms with Gasteiger partial charge in [0.2, 0.25) is 6.79 Å². The highest BCUT2D eigenvalue weighted by molar-refractivity contribution is 5.86. The van der Waals surface area contributed by atoms with E-state index in [0.29, 0.717) is 34.0 Å². The molecule has 6 heteroatoms. The van der Waals surface area contributed by atoms with Crippen molar-refractivity contribution in [3.05, 3.63) is 57.9 Å². The Morgan fingerprint density at radius 3 is 2.62 bits per heavy atom. The molecule has 0 spiro atoms. The Bertz CT molecular complexity index is 1060. The fourth-order valence-electron chi connectivity index (χ4n) is 2.80. The summed E-state index contributed by atoms with van der Waals surface area (Å²) in [5, 5.41) is 0.383. The van der Waals surface area contributed by atoms with E-state index in [1.165, 1.54) is 13.2 Å². The van der Waals surface area contributed by atoms with E-state index in [9.17, 15) is 4.79 Å². The van der Waals surface area contributed by atoms with Crippen molar-refractivity contribution in [1.82, 2.24) is 0 Å². The van der Waals surface area contributed by atoms with Gasteiger partial charge in [0.1, 0.15) is 28.2 Å². The number of hydrogen-bond donors (Lipinski definition) is 0. The second kappa shape index (κ2) is 6.48. The first-order valence-electron chi connectivity index (χ1n) is 7.95. The summed E-state index contributed by atoms with van der Waals surface area (Å²) in [5.41, 5.74) is 1.12. The van der Waals surface area contributed by atoms with Gasteiger partial charge in [-0.15, -0.1) is 0 Å². The molecule has 0 saturated carbocycles. The van der Waals surface area contributed by atoms with E-state index in [4.69, 9.17) is 23.4 Å². The highest BCUT2D eigenvalue weighted by Gasteiger charge is 2.13. The van der Waals surface area contributed by atoms with Crippen LogP contribution in [0.15, 0.2) is 45.6 Å². The molecule has 2 heterocycles. The summed E-state index contributed by atoms with van der Waals surface area (Å²) in [7, 11) is 3.04. The standard InChI is InChI=1S/C20H16O6/c1-22-14-9-18(23-2)20-15(21)8-13(26-19(20)10-14)5-3-12-4-6-16-17(7-12)25-11-24-16/h3-10H,11H2,1-2H3. The first-order valence-corrected chi connectivity index (χ1v) is 7.95. The largest absolute Gasteiger partial charge is 0.496 e. The molecular formula is C20H16O6. The normalized spacial score (nSPS) is 12.7. The van der Waals surface area contributed by atoms with Crippen LogP contribution >= 0.6 is 0 Å². The average molecular weight is 352 g/mol. The van der Waals surface area contributed by atoms with Gasteiger partial charge in [0.25, 0.3) is 0 Å². The van der Waals surface area contributed by atoms with Crippen molar-refractivity contribution < 1.29 is 23.4 Å². The Labute approximate surface area is 149 Å². The molecule has 0 bridgehead atoms. The maximum Gasteiger partial charge on any atom is 0.231 e. The Morgan fingerprint density at radius 1 is 0.962 bits per heavy atom. The van der Waals surface area contributed by atoms with E-state index in [1.807, 2.05) is 24.3 Å². The number of hydrogen-bond acceptors (Lipinski definition) is 6. The molecule has 4 rings (SSSR count). The number of ether oxygens (including phenoxy) is 4. The molecule has 0 atom stereocenters. The van der Waals surface area contributed by atoms with E-state index in [2.05, 4.69) is 0 Å². The van der Waals surface area contributed by atoms with E-state index in [0.717, 1.165) is 11.3 Å². The van der Waals surface area contributed by atoms with E-state index in [1.54, 1.807) is 25.3 Å². The van der Waals surface area contributed by atoms with Gasteiger partial charge >= 0.3 is 0 Å². The molecule has 1 aliphatic heterocycles. The lowest BCUT2D eigenvalue weighted by molar-refractivity contribution is 0.174. The van der Waals surface area contributed by atoms with Crippen LogP contribution < -0.4 is 24.4 Å². The lowest BCUT2D eigenvalue weighted by Gasteiger charge is -2.08. The fourth-order valence-corrected chi connectivity index (χ4v) is 2.80. The highest BCUT2D eigenvalue weighted by Crippen LogP contribution is 2.33. The van der Waals surface area contributed by atoms with Gasteiger partial charge in [-0.2, -0.15) is 0 Å². The minimum Gasteiger partial charge on any atom is -0.496 e. The summed E-state index contributed by atoms with van der Waals surface area (Å²) < 4.78 is 27.0. The molecular weight excluding hydrogens is 336 g/mol. The zero-order chi connectivity index (χ0) is 18.1. The SMILES string of the molecule is COc1cc(OC)c2c(=O)cc(C=Cc3ccc4c(c3)OCO4)oc2c1. The Morgan fingerprint density at radius 2 is 1.81 bits per heavy atom. The van der Waals surface area contributed by atoms with Gasteiger partial charge < -0.3 is 23.4 Å². The molecule has 3 aromatic rings. The zero-order valence-corrected chi connectivity index (χ0v) is 14.3. The molecule has 0 amide bonds. The predicted octanol–water partition coefficient (Wildman–Crippen LogP) is 3.71. The quantitative estimate of drug-likeness (QED) is 0.713. The van der Waals surface area contributed by atoms with Crippen molar-refractivity contribution >= 4 is 23.1 Å². The second-order valence-electron chi connectivity index (χ2n) is 5.66. The van der Waals surface area contributed by atoms with Crippen molar-refractivity contribution in [3.8, 4) is 23.0 Å². The molecule has 0 fully saturated rings. The summed E-state index contributed by atoms with van der Waals surface area (Å²) in [5.74, 6) is 2.81. The molecule has 0 unspecified atom stereocenters. The third kappa shape index (κ3) is 2.86. The predicted molar refractivity (Wildman–Crippen MR) is 97.1 cm³/mol. The van der Waals surface area contributed by atoms with Crippen molar-refractivity contribution in [3.63, 3.8) is 0 Å². The van der Waals surface area contributed by atoms with Crippen LogP contribution in [0.5, 0.6) is 23.0 Å². The van der Waals surface area contributed by atoms with Crippen LogP contribution in [0.4, 0.5) is 0 Å². The van der Waals surface area contributed by atoms with Crippen LogP contribution in [0.2, 0.25) is 0 Å². The van der Waals surface area contributed by atoms with Crippen LogP contribution in [0.1, 0.15) is 11.3 Å². The topological polar surface area (TPSA) is 67.1 Å². The van der Waals surface area contributed by atoms with E-state index >= 15 is 0 Å². The Hall–Kier alpha value is -3.41. The fraction of sp³-hybridized carbons (Fsp3) is 0.150. The smallest absolute Gasteiger partial charge is 0.231 e. The number of rotatable bonds is 4. The highest BCUT2D eigenvalue weighted by atomic mass is 16.7. The third-order valence-corrected chi connectivity index (χ3v) is 4.08. The molecule has 0 N–H and O–H groups in total. The van der Waals surface area contributed by atoms with Gasteiger partial charge in [0.05, 0.1) is 14.2 Å². The van der Waals surface area contributed by atoms with Gasteiger partial charge in [0, 0.05) is 18.2 Å². The number of fused-ring (bicyclic) bond motifs is 2. The number of methoxy groups -OCH3 is 2. The minimum absolute atomic E-state index is 0.184. The third-order valence-electron chi connectivity index (χ3n) is 4.08. The van der Waals surface area contributed by atoms with Crippen LogP contribution in [-0.4, -0.2) is 21.0 Å². The first-order chi connectivity index (χ1) is 12.7. The summed E-state index contributed by atoms with van der Waals surface area (Å²) in [6.07, 6.45) is 3.56.